The van der Waals surface area contributed by atoms with Crippen LogP contribution in [0.1, 0.15) is 16.9 Å². The maximum absolute atomic E-state index is 12.6. The summed E-state index contributed by atoms with van der Waals surface area (Å²) in [6.45, 7) is 1.87. The molecule has 3 aromatic rings. The number of aromatic nitrogens is 2. The molecular formula is C22H24N4O3. The average Bonchev–Trinajstić information content (AvgIpc) is 3.44. The number of para-hydroxylation sites is 1. The van der Waals surface area contributed by atoms with Gasteiger partial charge in [-0.15, -0.1) is 0 Å². The van der Waals surface area contributed by atoms with Gasteiger partial charge in [0.25, 0.3) is 5.91 Å². The molecule has 2 heterocycles. The van der Waals surface area contributed by atoms with E-state index in [4.69, 9.17) is 9.47 Å². The number of H-pyrrole nitrogens is 1. The zero-order valence-corrected chi connectivity index (χ0v) is 16.5. The van der Waals surface area contributed by atoms with Crippen LogP contribution in [-0.4, -0.2) is 49.5 Å². The molecule has 150 valence electrons. The third-order valence-corrected chi connectivity index (χ3v) is 5.17. The molecule has 1 saturated heterocycles. The molecule has 7 heteroatoms. The van der Waals surface area contributed by atoms with Gasteiger partial charge in [0.05, 0.1) is 18.9 Å². The summed E-state index contributed by atoms with van der Waals surface area (Å²) < 4.78 is 10.8. The van der Waals surface area contributed by atoms with Crippen molar-refractivity contribution in [3.8, 4) is 17.0 Å². The lowest BCUT2D eigenvalue weighted by Gasteiger charge is -2.18. The monoisotopic (exact) mass is 392 g/mol. The van der Waals surface area contributed by atoms with Gasteiger partial charge < -0.3 is 19.7 Å². The van der Waals surface area contributed by atoms with Gasteiger partial charge in [-0.05, 0) is 48.9 Å². The fourth-order valence-corrected chi connectivity index (χ4v) is 3.54. The van der Waals surface area contributed by atoms with Crippen LogP contribution in [0.5, 0.6) is 5.75 Å². The Morgan fingerprint density at radius 1 is 1.17 bits per heavy atom. The minimum atomic E-state index is -0.244. The minimum absolute atomic E-state index is 0.244. The Morgan fingerprint density at radius 3 is 2.69 bits per heavy atom. The molecule has 0 spiro atoms. The Bertz CT molecular complexity index is 984. The summed E-state index contributed by atoms with van der Waals surface area (Å²) in [4.78, 5) is 14.9. The highest BCUT2D eigenvalue weighted by Gasteiger charge is 2.22. The fraction of sp³-hybridized carbons (Fsp3) is 0.273. The first-order valence-corrected chi connectivity index (χ1v) is 9.56. The summed E-state index contributed by atoms with van der Waals surface area (Å²) in [5.74, 6) is 0.464. The number of ether oxygens (including phenoxy) is 2. The molecule has 1 fully saturated rings. The van der Waals surface area contributed by atoms with Crippen LogP contribution in [0.4, 0.5) is 11.4 Å². The van der Waals surface area contributed by atoms with Gasteiger partial charge in [-0.3, -0.25) is 9.89 Å². The Balaban J connectivity index is 1.43. The molecule has 0 aliphatic carbocycles. The number of amides is 1. The first kappa shape index (κ1) is 19.0. The van der Waals surface area contributed by atoms with Crippen molar-refractivity contribution in [1.29, 1.82) is 0 Å². The van der Waals surface area contributed by atoms with E-state index in [1.54, 1.807) is 20.3 Å². The highest BCUT2D eigenvalue weighted by molar-refractivity contribution is 6.03. The van der Waals surface area contributed by atoms with Crippen molar-refractivity contribution < 1.29 is 14.3 Å². The molecule has 29 heavy (non-hydrogen) atoms. The number of nitrogens with zero attached hydrogens (tertiary/aromatic N) is 2. The number of hydrogen-bond donors (Lipinski definition) is 2. The van der Waals surface area contributed by atoms with Crippen LogP contribution in [0.3, 0.4) is 0 Å². The van der Waals surface area contributed by atoms with Crippen LogP contribution in [0.2, 0.25) is 0 Å². The maximum Gasteiger partial charge on any atom is 0.273 e. The van der Waals surface area contributed by atoms with Crippen molar-refractivity contribution >= 4 is 17.3 Å². The van der Waals surface area contributed by atoms with Crippen LogP contribution in [0.15, 0.2) is 54.6 Å². The fourth-order valence-electron chi connectivity index (χ4n) is 3.54. The molecule has 1 amide bonds. The van der Waals surface area contributed by atoms with Crippen LogP contribution in [0, 0.1) is 0 Å². The Kier molecular flexibility index (Phi) is 5.48. The van der Waals surface area contributed by atoms with Crippen LogP contribution < -0.4 is 15.0 Å². The Morgan fingerprint density at radius 2 is 1.97 bits per heavy atom. The van der Waals surface area contributed by atoms with Crippen molar-refractivity contribution in [3.63, 3.8) is 0 Å². The van der Waals surface area contributed by atoms with Crippen LogP contribution in [0.25, 0.3) is 11.3 Å². The van der Waals surface area contributed by atoms with Crippen molar-refractivity contribution in [2.24, 2.45) is 0 Å². The van der Waals surface area contributed by atoms with E-state index in [-0.39, 0.29) is 12.0 Å². The number of anilines is 2. The highest BCUT2D eigenvalue weighted by Crippen LogP contribution is 2.28. The zero-order valence-electron chi connectivity index (χ0n) is 16.5. The number of rotatable bonds is 6. The number of aromatic amines is 1. The molecule has 1 atom stereocenters. The smallest absolute Gasteiger partial charge is 0.273 e. The van der Waals surface area contributed by atoms with Crippen LogP contribution in [-0.2, 0) is 4.74 Å². The SMILES string of the molecule is COc1ccccc1-c1cc(C(=O)Nc2ccc(N3CC[C@@H](OC)C3)cc2)[nH]n1. The van der Waals surface area contributed by atoms with E-state index in [0.717, 1.165) is 36.4 Å². The maximum atomic E-state index is 12.6. The highest BCUT2D eigenvalue weighted by atomic mass is 16.5. The number of carbonyl (C=O) groups excluding carboxylic acids is 1. The molecule has 2 aromatic carbocycles. The summed E-state index contributed by atoms with van der Waals surface area (Å²) in [6, 6.07) is 17.1. The largest absolute Gasteiger partial charge is 0.496 e. The van der Waals surface area contributed by atoms with E-state index in [2.05, 4.69) is 20.4 Å². The molecule has 1 aliphatic heterocycles. The first-order chi connectivity index (χ1) is 14.2. The second kappa shape index (κ2) is 8.36. The molecule has 0 radical (unpaired) electrons. The van der Waals surface area contributed by atoms with Crippen molar-refractivity contribution in [1.82, 2.24) is 10.2 Å². The molecule has 0 saturated carbocycles. The predicted octanol–water partition coefficient (Wildman–Crippen LogP) is 3.56. The van der Waals surface area contributed by atoms with E-state index in [1.165, 1.54) is 0 Å². The number of nitrogens with one attached hydrogen (secondary N) is 2. The Labute approximate surface area is 169 Å². The van der Waals surface area contributed by atoms with Gasteiger partial charge >= 0.3 is 0 Å². The van der Waals surface area contributed by atoms with Crippen molar-refractivity contribution in [3.05, 3.63) is 60.3 Å². The molecule has 2 N–H and O–H groups in total. The first-order valence-electron chi connectivity index (χ1n) is 9.56. The number of methoxy groups -OCH3 is 2. The van der Waals surface area contributed by atoms with Crippen molar-refractivity contribution in [2.45, 2.75) is 12.5 Å². The second-order valence-electron chi connectivity index (χ2n) is 6.96. The molecule has 1 aromatic heterocycles. The number of carbonyl (C=O) groups is 1. The van der Waals surface area contributed by atoms with E-state index in [0.29, 0.717) is 17.1 Å². The summed E-state index contributed by atoms with van der Waals surface area (Å²) in [6.07, 6.45) is 1.32. The summed E-state index contributed by atoms with van der Waals surface area (Å²) in [5, 5.41) is 9.96. The number of hydrogen-bond acceptors (Lipinski definition) is 5. The predicted molar refractivity (Wildman–Crippen MR) is 113 cm³/mol. The Hall–Kier alpha value is -3.32. The average molecular weight is 392 g/mol. The van der Waals surface area contributed by atoms with Crippen LogP contribution >= 0.6 is 0 Å². The quantitative estimate of drug-likeness (QED) is 0.671. The van der Waals surface area contributed by atoms with E-state index in [9.17, 15) is 4.79 Å². The standard InChI is InChI=1S/C22H24N4O3/c1-28-17-11-12-26(14-17)16-9-7-15(8-10-16)23-22(27)20-13-19(24-25-20)18-5-3-4-6-21(18)29-2/h3-10,13,17H,11-12,14H2,1-2H3,(H,23,27)(H,24,25)/t17-/m1/s1. The third kappa shape index (κ3) is 4.09. The second-order valence-corrected chi connectivity index (χ2v) is 6.96. The van der Waals surface area contributed by atoms with Gasteiger partial charge in [-0.2, -0.15) is 5.10 Å². The summed E-state index contributed by atoms with van der Waals surface area (Å²) in [5.41, 5.74) is 3.73. The summed E-state index contributed by atoms with van der Waals surface area (Å²) >= 11 is 0. The van der Waals surface area contributed by atoms with E-state index < -0.39 is 0 Å². The normalized spacial score (nSPS) is 16.1. The van der Waals surface area contributed by atoms with E-state index >= 15 is 0 Å². The zero-order chi connectivity index (χ0) is 20.2. The molecule has 1 aliphatic rings. The minimum Gasteiger partial charge on any atom is -0.496 e. The lowest BCUT2D eigenvalue weighted by molar-refractivity contribution is 0.102. The van der Waals surface area contributed by atoms with Gasteiger partial charge in [0.2, 0.25) is 0 Å². The third-order valence-electron chi connectivity index (χ3n) is 5.17. The molecular weight excluding hydrogens is 368 g/mol. The summed E-state index contributed by atoms with van der Waals surface area (Å²) in [7, 11) is 3.36. The van der Waals surface area contributed by atoms with E-state index in [1.807, 2.05) is 48.5 Å². The van der Waals surface area contributed by atoms with Gasteiger partial charge in [0, 0.05) is 37.1 Å². The molecule has 7 nitrogen and oxygen atoms in total. The number of benzene rings is 2. The topological polar surface area (TPSA) is 79.5 Å². The van der Waals surface area contributed by atoms with Crippen molar-refractivity contribution in [2.75, 3.05) is 37.5 Å². The molecule has 4 rings (SSSR count). The van der Waals surface area contributed by atoms with Gasteiger partial charge in [-0.25, -0.2) is 0 Å². The van der Waals surface area contributed by atoms with Gasteiger partial charge in [0.15, 0.2) is 0 Å². The van der Waals surface area contributed by atoms with Gasteiger partial charge in [-0.1, -0.05) is 12.1 Å². The van der Waals surface area contributed by atoms with Gasteiger partial charge in [0.1, 0.15) is 11.4 Å². The lowest BCUT2D eigenvalue weighted by atomic mass is 10.1. The molecule has 0 unspecified atom stereocenters. The molecule has 0 bridgehead atoms. The lowest BCUT2D eigenvalue weighted by Crippen LogP contribution is -2.22.